The van der Waals surface area contributed by atoms with Gasteiger partial charge in [0.1, 0.15) is 11.4 Å². The van der Waals surface area contributed by atoms with Crippen LogP contribution in [0.4, 0.5) is 0 Å². The number of halogens is 1. The van der Waals surface area contributed by atoms with Crippen LogP contribution in [0.1, 0.15) is 33.1 Å². The summed E-state index contributed by atoms with van der Waals surface area (Å²) < 4.78 is 29.2. The van der Waals surface area contributed by atoms with Gasteiger partial charge < -0.3 is 13.7 Å². The van der Waals surface area contributed by atoms with E-state index in [1.165, 1.54) is 0 Å². The van der Waals surface area contributed by atoms with E-state index in [1.807, 2.05) is 54.9 Å². The van der Waals surface area contributed by atoms with Crippen molar-refractivity contribution >= 4 is 17.2 Å². The minimum absolute atomic E-state index is 0.132. The number of benzene rings is 1. The van der Waals surface area contributed by atoms with Crippen LogP contribution >= 0.6 is 11.6 Å². The molecular formula is C24H23ClN4O2. The molecule has 6 nitrogen and oxygen atoms in total. The van der Waals surface area contributed by atoms with Gasteiger partial charge in [-0.25, -0.2) is 4.98 Å². The number of nitrogens with zero attached hydrogens (tertiary/aromatic N) is 4. The molecule has 1 atom stereocenters. The molecule has 1 aliphatic carbocycles. The lowest BCUT2D eigenvalue weighted by Gasteiger charge is -2.13. The Morgan fingerprint density at radius 2 is 2.16 bits per heavy atom. The van der Waals surface area contributed by atoms with Gasteiger partial charge in [0.15, 0.2) is 5.65 Å². The van der Waals surface area contributed by atoms with Crippen LogP contribution in [0.3, 0.4) is 0 Å². The number of imidazole rings is 1. The van der Waals surface area contributed by atoms with E-state index in [0.29, 0.717) is 53.1 Å². The van der Waals surface area contributed by atoms with Gasteiger partial charge >= 0.3 is 0 Å². The molecule has 0 radical (unpaired) electrons. The van der Waals surface area contributed by atoms with Gasteiger partial charge in [-0.15, -0.1) is 0 Å². The third-order valence-electron chi connectivity index (χ3n) is 5.37. The Morgan fingerprint density at radius 3 is 2.94 bits per heavy atom. The molecule has 0 unspecified atom stereocenters. The van der Waals surface area contributed by atoms with Crippen LogP contribution in [0.5, 0.6) is 5.75 Å². The van der Waals surface area contributed by atoms with Crippen LogP contribution in [-0.2, 0) is 0 Å². The number of fused-ring (bicyclic) bond motifs is 1. The van der Waals surface area contributed by atoms with Crippen molar-refractivity contribution in [1.29, 1.82) is 0 Å². The zero-order chi connectivity index (χ0) is 23.3. The molecule has 0 amide bonds. The molecule has 0 spiro atoms. The minimum Gasteiger partial charge on any atom is -0.493 e. The van der Waals surface area contributed by atoms with Gasteiger partial charge in [-0.3, -0.25) is 0 Å². The highest BCUT2D eigenvalue weighted by Crippen LogP contribution is 2.31. The van der Waals surface area contributed by atoms with Gasteiger partial charge in [0, 0.05) is 20.7 Å². The summed E-state index contributed by atoms with van der Waals surface area (Å²) in [5.41, 5.74) is 4.61. The fourth-order valence-corrected chi connectivity index (χ4v) is 4.11. The Balaban J connectivity index is 1.32. The highest BCUT2D eigenvalue weighted by atomic mass is 35.5. The highest BCUT2D eigenvalue weighted by molar-refractivity contribution is 6.33. The summed E-state index contributed by atoms with van der Waals surface area (Å²) in [7, 11) is 0. The first-order chi connectivity index (χ1) is 15.7. The van der Waals surface area contributed by atoms with Crippen molar-refractivity contribution in [3.05, 3.63) is 65.0 Å². The molecule has 0 saturated heterocycles. The van der Waals surface area contributed by atoms with Crippen molar-refractivity contribution in [3.8, 4) is 28.7 Å². The second-order valence-corrected chi connectivity index (χ2v) is 8.40. The molecule has 4 aromatic rings. The Kier molecular flexibility index (Phi) is 4.45. The predicted octanol–water partition coefficient (Wildman–Crippen LogP) is 6.06. The third-order valence-corrected chi connectivity index (χ3v) is 5.65. The van der Waals surface area contributed by atoms with Crippen LogP contribution in [0, 0.1) is 19.8 Å². The number of aromatic nitrogens is 4. The van der Waals surface area contributed by atoms with E-state index < -0.39 is 6.37 Å². The number of allylic oxidation sites excluding steroid dienone is 1. The van der Waals surface area contributed by atoms with Crippen LogP contribution in [0.2, 0.25) is 5.02 Å². The quantitative estimate of drug-likeness (QED) is 0.356. The minimum atomic E-state index is -1.30. The summed E-state index contributed by atoms with van der Waals surface area (Å²) >= 11 is 6.30. The molecule has 1 saturated carbocycles. The molecule has 0 bridgehead atoms. The Morgan fingerprint density at radius 1 is 1.29 bits per heavy atom. The van der Waals surface area contributed by atoms with Gasteiger partial charge in [0.2, 0.25) is 5.82 Å². The van der Waals surface area contributed by atoms with E-state index in [-0.39, 0.29) is 5.92 Å². The summed E-state index contributed by atoms with van der Waals surface area (Å²) in [6.07, 6.45) is 3.57. The largest absolute Gasteiger partial charge is 0.493 e. The van der Waals surface area contributed by atoms with E-state index in [4.69, 9.17) is 23.6 Å². The molecule has 1 aromatic carbocycles. The number of hydrogen-bond acceptors (Lipinski definition) is 5. The summed E-state index contributed by atoms with van der Waals surface area (Å²) in [6, 6.07) is 7.54. The van der Waals surface area contributed by atoms with Gasteiger partial charge in [-0.1, -0.05) is 28.9 Å². The lowest BCUT2D eigenvalue weighted by atomic mass is 10.1. The maximum atomic E-state index is 7.96. The zero-order valence-corrected chi connectivity index (χ0v) is 18.1. The molecule has 0 aliphatic heterocycles. The molecule has 3 aromatic heterocycles. The SMILES string of the molecule is [2H]C1([2H])C[C@@H](COc2ccc(-c3nc(-c4cn5cc(C)cc(Cl)c5n4)no3)cc2C)CC1=C. The number of aryl methyl sites for hydroxylation is 2. The van der Waals surface area contributed by atoms with Crippen LogP contribution in [-0.4, -0.2) is 26.1 Å². The molecule has 1 aliphatic rings. The zero-order valence-electron chi connectivity index (χ0n) is 19.4. The van der Waals surface area contributed by atoms with E-state index in [0.717, 1.165) is 22.4 Å². The average Bonchev–Trinajstić information content (AvgIpc) is 3.44. The van der Waals surface area contributed by atoms with E-state index >= 15 is 0 Å². The fraction of sp³-hybridized carbons (Fsp3) is 0.292. The number of ether oxygens (including phenoxy) is 1. The van der Waals surface area contributed by atoms with Crippen molar-refractivity contribution in [3.63, 3.8) is 0 Å². The van der Waals surface area contributed by atoms with Crippen molar-refractivity contribution in [2.45, 2.75) is 33.1 Å². The molecule has 158 valence electrons. The smallest absolute Gasteiger partial charge is 0.258 e. The lowest BCUT2D eigenvalue weighted by Crippen LogP contribution is -2.08. The topological polar surface area (TPSA) is 65.5 Å². The molecule has 0 N–H and O–H groups in total. The van der Waals surface area contributed by atoms with Gasteiger partial charge in [0.25, 0.3) is 5.89 Å². The molecular weight excluding hydrogens is 412 g/mol. The van der Waals surface area contributed by atoms with Crippen molar-refractivity contribution in [1.82, 2.24) is 19.5 Å². The molecule has 31 heavy (non-hydrogen) atoms. The van der Waals surface area contributed by atoms with E-state index in [2.05, 4.69) is 21.7 Å². The Hall–Kier alpha value is -3.12. The van der Waals surface area contributed by atoms with Crippen molar-refractivity contribution in [2.24, 2.45) is 5.92 Å². The third kappa shape index (κ3) is 3.95. The summed E-state index contributed by atoms with van der Waals surface area (Å²) in [5.74, 6) is 1.66. The first kappa shape index (κ1) is 17.5. The monoisotopic (exact) mass is 436 g/mol. The van der Waals surface area contributed by atoms with E-state index in [9.17, 15) is 0 Å². The Labute approximate surface area is 188 Å². The lowest BCUT2D eigenvalue weighted by molar-refractivity contribution is 0.252. The normalized spacial score (nSPS) is 18.9. The van der Waals surface area contributed by atoms with Crippen LogP contribution in [0.15, 0.2) is 53.3 Å². The van der Waals surface area contributed by atoms with Gasteiger partial charge in [0.05, 0.1) is 11.6 Å². The second-order valence-electron chi connectivity index (χ2n) is 7.99. The van der Waals surface area contributed by atoms with Crippen molar-refractivity contribution in [2.75, 3.05) is 6.61 Å². The molecule has 7 heteroatoms. The number of pyridine rings is 1. The number of rotatable bonds is 5. The summed E-state index contributed by atoms with van der Waals surface area (Å²) in [5, 5.41) is 4.66. The second kappa shape index (κ2) is 7.85. The van der Waals surface area contributed by atoms with E-state index in [1.54, 1.807) is 0 Å². The summed E-state index contributed by atoms with van der Waals surface area (Å²) in [6.45, 7) is 8.23. The first-order valence-corrected chi connectivity index (χ1v) is 10.5. The summed E-state index contributed by atoms with van der Waals surface area (Å²) in [4.78, 5) is 9.05. The average molecular weight is 437 g/mol. The Bertz CT molecular complexity index is 1380. The van der Waals surface area contributed by atoms with Gasteiger partial charge in [-0.2, -0.15) is 4.98 Å². The molecule has 5 rings (SSSR count). The molecule has 1 fully saturated rings. The van der Waals surface area contributed by atoms with Gasteiger partial charge in [-0.05, 0) is 74.4 Å². The maximum absolute atomic E-state index is 7.96. The molecule has 3 heterocycles. The standard InChI is InChI=1S/C24H23ClN4O2/c1-14-4-5-17(8-14)13-30-21-7-6-18(10-16(21)3)24-27-22(28-31-24)20-12-29-11-15(2)9-19(25)23(29)26-20/h6-7,9-12,17H,1,4-5,8,13H2,2-3H3/t17-/m1/s1/i4D2. The first-order valence-electron chi connectivity index (χ1n) is 11.1. The van der Waals surface area contributed by atoms with Crippen LogP contribution < -0.4 is 4.74 Å². The predicted molar refractivity (Wildman–Crippen MR) is 120 cm³/mol. The maximum Gasteiger partial charge on any atom is 0.258 e. The van der Waals surface area contributed by atoms with Crippen molar-refractivity contribution < 1.29 is 12.0 Å². The highest BCUT2D eigenvalue weighted by Gasteiger charge is 2.19. The number of hydrogen-bond donors (Lipinski definition) is 0. The fourth-order valence-electron chi connectivity index (χ4n) is 3.79. The van der Waals surface area contributed by atoms with Crippen LogP contribution in [0.25, 0.3) is 28.6 Å².